The quantitative estimate of drug-likeness (QED) is 0.258. The molecule has 162 valence electrons. The lowest BCUT2D eigenvalue weighted by molar-refractivity contribution is 1.49. The van der Waals surface area contributed by atoms with Gasteiger partial charge in [-0.3, -0.25) is 0 Å². The molecule has 0 heterocycles. The monoisotopic (exact) mass is 435 g/mol. The third-order valence-electron chi connectivity index (χ3n) is 5.92. The molecule has 0 aliphatic carbocycles. The largest absolute Gasteiger partial charge is 0.300 e. The summed E-state index contributed by atoms with van der Waals surface area (Å²) in [5.74, 6) is 0. The van der Waals surface area contributed by atoms with Gasteiger partial charge in [0.25, 0.3) is 0 Å². The highest BCUT2D eigenvalue weighted by molar-refractivity contribution is 6.08. The van der Waals surface area contributed by atoms with E-state index in [9.17, 15) is 0 Å². The highest BCUT2D eigenvalue weighted by Gasteiger charge is 2.08. The molecule has 34 heavy (non-hydrogen) atoms. The van der Waals surface area contributed by atoms with Crippen molar-refractivity contribution in [2.24, 2.45) is 0 Å². The van der Waals surface area contributed by atoms with Gasteiger partial charge in [0.1, 0.15) is 0 Å². The van der Waals surface area contributed by atoms with E-state index in [2.05, 4.69) is 78.9 Å². The van der Waals surface area contributed by atoms with Crippen LogP contribution in [0.5, 0.6) is 0 Å². The lowest BCUT2D eigenvalue weighted by Crippen LogP contribution is -1.94. The number of benzene rings is 5. The van der Waals surface area contributed by atoms with Crippen LogP contribution in [0.3, 0.4) is 0 Å². The first-order valence-electron chi connectivity index (χ1n) is 11.4. The topological polar surface area (TPSA) is 23.9 Å². The third-order valence-corrected chi connectivity index (χ3v) is 5.92. The smallest absolute Gasteiger partial charge is 0.0612 e. The molecule has 0 aliphatic heterocycles. The van der Waals surface area contributed by atoms with Crippen molar-refractivity contribution in [3.63, 3.8) is 0 Å². The van der Waals surface area contributed by atoms with E-state index in [0.29, 0.717) is 5.71 Å². The molecule has 5 aromatic carbocycles. The van der Waals surface area contributed by atoms with Gasteiger partial charge in [-0.15, -0.1) is 0 Å². The average Bonchev–Trinajstić information content (AvgIpc) is 2.93. The Morgan fingerprint density at radius 3 is 1.32 bits per heavy atom. The Morgan fingerprint density at radius 2 is 0.853 bits per heavy atom. The maximum absolute atomic E-state index is 8.46. The van der Waals surface area contributed by atoms with E-state index < -0.39 is 0 Å². The maximum atomic E-state index is 8.46. The molecule has 0 saturated heterocycles. The van der Waals surface area contributed by atoms with E-state index in [1.807, 2.05) is 66.7 Å². The average molecular weight is 436 g/mol. The third kappa shape index (κ3) is 4.95. The molecule has 0 amide bonds. The maximum Gasteiger partial charge on any atom is 0.0612 e. The van der Waals surface area contributed by atoms with Crippen LogP contribution in [0.4, 0.5) is 0 Å². The van der Waals surface area contributed by atoms with Gasteiger partial charge in [0, 0.05) is 0 Å². The highest BCUT2D eigenvalue weighted by Crippen LogP contribution is 2.33. The summed E-state index contributed by atoms with van der Waals surface area (Å²) < 4.78 is 0. The van der Waals surface area contributed by atoms with E-state index in [1.165, 1.54) is 22.3 Å². The Labute approximate surface area is 201 Å². The highest BCUT2D eigenvalue weighted by atomic mass is 14.4. The SMILES string of the molecule is N=C(/C=C\c1ccccc1)c1ccc(-c2cc(-c3ccccc3)cc(-c3ccccc3)c2)cc1. The van der Waals surface area contributed by atoms with Gasteiger partial charge in [-0.2, -0.15) is 0 Å². The van der Waals surface area contributed by atoms with E-state index in [1.54, 1.807) is 0 Å². The van der Waals surface area contributed by atoms with Crippen molar-refractivity contribution >= 4 is 11.8 Å². The summed E-state index contributed by atoms with van der Waals surface area (Å²) in [7, 11) is 0. The summed E-state index contributed by atoms with van der Waals surface area (Å²) in [6.07, 6.45) is 3.83. The van der Waals surface area contributed by atoms with Gasteiger partial charge < -0.3 is 5.41 Å². The molecule has 1 nitrogen and oxygen atoms in total. The van der Waals surface area contributed by atoms with Gasteiger partial charge in [0.05, 0.1) is 5.71 Å². The van der Waals surface area contributed by atoms with Crippen molar-refractivity contribution in [2.45, 2.75) is 0 Å². The zero-order valence-electron chi connectivity index (χ0n) is 18.9. The normalized spacial score (nSPS) is 10.9. The first-order valence-corrected chi connectivity index (χ1v) is 11.4. The lowest BCUT2D eigenvalue weighted by Gasteiger charge is -2.12. The van der Waals surface area contributed by atoms with E-state index in [-0.39, 0.29) is 0 Å². The van der Waals surface area contributed by atoms with Crippen molar-refractivity contribution in [3.05, 3.63) is 151 Å². The fraction of sp³-hybridized carbons (Fsp3) is 0. The second kappa shape index (κ2) is 9.97. The molecule has 1 heteroatoms. The van der Waals surface area contributed by atoms with Gasteiger partial charge in [0.15, 0.2) is 0 Å². The molecule has 0 aromatic heterocycles. The number of allylic oxidation sites excluding steroid dienone is 1. The van der Waals surface area contributed by atoms with Crippen molar-refractivity contribution in [1.82, 2.24) is 0 Å². The molecule has 0 bridgehead atoms. The van der Waals surface area contributed by atoms with E-state index in [4.69, 9.17) is 5.41 Å². The molecule has 5 aromatic rings. The summed E-state index contributed by atoms with van der Waals surface area (Å²) in [6.45, 7) is 0. The van der Waals surface area contributed by atoms with Crippen molar-refractivity contribution in [1.29, 1.82) is 5.41 Å². The van der Waals surface area contributed by atoms with Crippen LogP contribution in [0.15, 0.2) is 140 Å². The minimum Gasteiger partial charge on any atom is -0.300 e. The van der Waals surface area contributed by atoms with Crippen molar-refractivity contribution < 1.29 is 0 Å². The lowest BCUT2D eigenvalue weighted by atomic mass is 9.93. The fourth-order valence-corrected chi connectivity index (χ4v) is 4.07. The summed E-state index contributed by atoms with van der Waals surface area (Å²) in [4.78, 5) is 0. The number of rotatable bonds is 6. The molecule has 0 atom stereocenters. The summed E-state index contributed by atoms with van der Waals surface area (Å²) in [5, 5.41) is 8.46. The summed E-state index contributed by atoms with van der Waals surface area (Å²) in [6, 6.07) is 46.1. The van der Waals surface area contributed by atoms with E-state index in [0.717, 1.165) is 22.3 Å². The molecule has 0 unspecified atom stereocenters. The molecular weight excluding hydrogens is 410 g/mol. The second-order valence-corrected chi connectivity index (χ2v) is 8.27. The second-order valence-electron chi connectivity index (χ2n) is 8.27. The molecule has 1 N–H and O–H groups in total. The molecule has 0 radical (unpaired) electrons. The summed E-state index contributed by atoms with van der Waals surface area (Å²) in [5.41, 5.74) is 9.58. The van der Waals surface area contributed by atoms with Crippen LogP contribution in [-0.2, 0) is 0 Å². The molecule has 5 rings (SSSR count). The van der Waals surface area contributed by atoms with Gasteiger partial charge in [0.2, 0.25) is 0 Å². The van der Waals surface area contributed by atoms with Crippen molar-refractivity contribution in [3.8, 4) is 33.4 Å². The first-order chi connectivity index (χ1) is 16.8. The Hall–Kier alpha value is -4.49. The van der Waals surface area contributed by atoms with Gasteiger partial charge >= 0.3 is 0 Å². The van der Waals surface area contributed by atoms with Gasteiger partial charge in [-0.1, -0.05) is 121 Å². The predicted octanol–water partition coefficient (Wildman–Crippen LogP) is 8.77. The zero-order chi connectivity index (χ0) is 23.2. The Morgan fingerprint density at radius 1 is 0.441 bits per heavy atom. The number of hydrogen-bond donors (Lipinski definition) is 1. The van der Waals surface area contributed by atoms with Gasteiger partial charge in [-0.25, -0.2) is 0 Å². The minimum absolute atomic E-state index is 0.499. The molecule has 0 saturated carbocycles. The van der Waals surface area contributed by atoms with Crippen LogP contribution in [0, 0.1) is 5.41 Å². The van der Waals surface area contributed by atoms with E-state index >= 15 is 0 Å². The van der Waals surface area contributed by atoms with Crippen LogP contribution in [0.1, 0.15) is 11.1 Å². The Bertz CT molecular complexity index is 1360. The van der Waals surface area contributed by atoms with Crippen LogP contribution in [-0.4, -0.2) is 5.71 Å². The van der Waals surface area contributed by atoms with Crippen molar-refractivity contribution in [2.75, 3.05) is 0 Å². The Kier molecular flexibility index (Phi) is 6.27. The number of nitrogens with one attached hydrogen (secondary N) is 1. The summed E-state index contributed by atoms with van der Waals surface area (Å²) >= 11 is 0. The molecule has 0 fully saturated rings. The van der Waals surface area contributed by atoms with Gasteiger partial charge in [-0.05, 0) is 68.8 Å². The van der Waals surface area contributed by atoms with Crippen LogP contribution >= 0.6 is 0 Å². The van der Waals surface area contributed by atoms with Crippen LogP contribution < -0.4 is 0 Å². The molecule has 0 spiro atoms. The zero-order valence-corrected chi connectivity index (χ0v) is 18.9. The number of hydrogen-bond acceptors (Lipinski definition) is 1. The molecular formula is C33H25N. The predicted molar refractivity (Wildman–Crippen MR) is 145 cm³/mol. The first kappa shape index (κ1) is 21.4. The Balaban J connectivity index is 1.48. The van der Waals surface area contributed by atoms with Crippen LogP contribution in [0.2, 0.25) is 0 Å². The fourth-order valence-electron chi connectivity index (χ4n) is 4.07. The standard InChI is InChI=1S/C33H25N/c34-33(21-16-25-10-4-1-5-11-25)29-19-17-28(18-20-29)32-23-30(26-12-6-2-7-13-26)22-31(24-32)27-14-8-3-9-15-27/h1-24,34H/b21-16-,34-33?. The van der Waals surface area contributed by atoms with Crippen LogP contribution in [0.25, 0.3) is 39.5 Å². The molecule has 0 aliphatic rings. The minimum atomic E-state index is 0.499.